The van der Waals surface area contributed by atoms with Gasteiger partial charge in [-0.25, -0.2) is 0 Å². The van der Waals surface area contributed by atoms with Gasteiger partial charge in [-0.05, 0) is 25.0 Å². The molecule has 1 aliphatic carbocycles. The Bertz CT molecular complexity index is 495. The quantitative estimate of drug-likeness (QED) is 0.776. The van der Waals surface area contributed by atoms with Crippen LogP contribution in [0.1, 0.15) is 42.5 Å². The van der Waals surface area contributed by atoms with Crippen molar-refractivity contribution in [2.75, 3.05) is 20.3 Å². The van der Waals surface area contributed by atoms with Crippen molar-refractivity contribution >= 4 is 5.91 Å². The van der Waals surface area contributed by atoms with Crippen molar-refractivity contribution < 1.29 is 19.7 Å². The number of phenols is 1. The highest BCUT2D eigenvalue weighted by Crippen LogP contribution is 2.35. The second kappa shape index (κ2) is 6.80. The molecule has 1 fully saturated rings. The summed E-state index contributed by atoms with van der Waals surface area (Å²) in [5.74, 6) is -0.221. The summed E-state index contributed by atoms with van der Waals surface area (Å²) < 4.78 is 5.00. The average molecular weight is 293 g/mol. The number of rotatable bonds is 5. The number of aliphatic hydroxyl groups excluding tert-OH is 1. The molecule has 3 N–H and O–H groups in total. The molecule has 2 rings (SSSR count). The standard InChI is InChI=1S/C16H23NO4/c1-21-13-7-5-6-12(14(13)19)15(20)17-10-16(11-18)8-3-2-4-9-16/h5-7,18-19H,2-4,8-11H2,1H3,(H,17,20). The Hall–Kier alpha value is -1.75. The fraction of sp³-hybridized carbons (Fsp3) is 0.562. The second-order valence-corrected chi connectivity index (χ2v) is 5.76. The van der Waals surface area contributed by atoms with E-state index in [1.165, 1.54) is 13.5 Å². The van der Waals surface area contributed by atoms with Gasteiger partial charge in [0, 0.05) is 12.0 Å². The molecule has 1 amide bonds. The molecule has 5 heteroatoms. The maximum atomic E-state index is 12.2. The SMILES string of the molecule is COc1cccc(C(=O)NCC2(CO)CCCCC2)c1O. The average Bonchev–Trinajstić information content (AvgIpc) is 2.54. The van der Waals surface area contributed by atoms with E-state index >= 15 is 0 Å². The van der Waals surface area contributed by atoms with Gasteiger partial charge >= 0.3 is 0 Å². The van der Waals surface area contributed by atoms with E-state index in [9.17, 15) is 15.0 Å². The van der Waals surface area contributed by atoms with Gasteiger partial charge in [0.25, 0.3) is 5.91 Å². The van der Waals surface area contributed by atoms with E-state index in [0.29, 0.717) is 6.54 Å². The van der Waals surface area contributed by atoms with Crippen molar-refractivity contribution in [2.45, 2.75) is 32.1 Å². The van der Waals surface area contributed by atoms with Crippen molar-refractivity contribution in [3.05, 3.63) is 23.8 Å². The third kappa shape index (κ3) is 3.47. The van der Waals surface area contributed by atoms with Crippen LogP contribution in [0.2, 0.25) is 0 Å². The number of hydrogen-bond donors (Lipinski definition) is 3. The van der Waals surface area contributed by atoms with Crippen molar-refractivity contribution in [3.8, 4) is 11.5 Å². The number of carbonyl (C=O) groups excluding carboxylic acids is 1. The fourth-order valence-corrected chi connectivity index (χ4v) is 2.93. The summed E-state index contributed by atoms with van der Waals surface area (Å²) in [4.78, 5) is 12.2. The zero-order valence-electron chi connectivity index (χ0n) is 12.4. The summed E-state index contributed by atoms with van der Waals surface area (Å²) in [7, 11) is 1.44. The number of benzene rings is 1. The van der Waals surface area contributed by atoms with Gasteiger partial charge in [0.05, 0.1) is 19.3 Å². The molecule has 0 saturated heterocycles. The van der Waals surface area contributed by atoms with E-state index in [4.69, 9.17) is 4.74 Å². The van der Waals surface area contributed by atoms with Crippen LogP contribution in [0.4, 0.5) is 0 Å². The first-order valence-corrected chi connectivity index (χ1v) is 7.37. The van der Waals surface area contributed by atoms with Crippen LogP contribution in [-0.4, -0.2) is 36.4 Å². The van der Waals surface area contributed by atoms with Crippen LogP contribution in [0.25, 0.3) is 0 Å². The molecule has 1 saturated carbocycles. The normalized spacial score (nSPS) is 17.2. The Labute approximate surface area is 124 Å². The highest BCUT2D eigenvalue weighted by molar-refractivity contribution is 5.97. The molecule has 0 spiro atoms. The summed E-state index contributed by atoms with van der Waals surface area (Å²) in [6.45, 7) is 0.510. The topological polar surface area (TPSA) is 78.8 Å². The number of ether oxygens (including phenoxy) is 1. The molecule has 1 aromatic carbocycles. The van der Waals surface area contributed by atoms with Crippen molar-refractivity contribution in [3.63, 3.8) is 0 Å². The molecule has 21 heavy (non-hydrogen) atoms. The Balaban J connectivity index is 2.04. The lowest BCUT2D eigenvalue weighted by Gasteiger charge is -2.35. The Morgan fingerprint density at radius 3 is 2.67 bits per heavy atom. The third-order valence-electron chi connectivity index (χ3n) is 4.34. The van der Waals surface area contributed by atoms with E-state index in [1.807, 2.05) is 0 Å². The summed E-state index contributed by atoms with van der Waals surface area (Å²) in [6.07, 6.45) is 5.20. The van der Waals surface area contributed by atoms with E-state index in [2.05, 4.69) is 5.32 Å². The maximum absolute atomic E-state index is 12.2. The first kappa shape index (κ1) is 15.6. The van der Waals surface area contributed by atoms with Crippen LogP contribution < -0.4 is 10.1 Å². The molecule has 116 valence electrons. The van der Waals surface area contributed by atoms with Gasteiger partial charge in [-0.2, -0.15) is 0 Å². The maximum Gasteiger partial charge on any atom is 0.255 e. The lowest BCUT2D eigenvalue weighted by molar-refractivity contribution is 0.0716. The van der Waals surface area contributed by atoms with Gasteiger partial charge in [-0.15, -0.1) is 0 Å². The molecule has 1 aromatic rings. The van der Waals surface area contributed by atoms with Gasteiger partial charge < -0.3 is 20.3 Å². The first-order chi connectivity index (χ1) is 10.1. The number of aromatic hydroxyl groups is 1. The van der Waals surface area contributed by atoms with Crippen LogP contribution >= 0.6 is 0 Å². The number of amides is 1. The predicted octanol–water partition coefficient (Wildman–Crippen LogP) is 2.07. The molecular formula is C16H23NO4. The third-order valence-corrected chi connectivity index (χ3v) is 4.34. The molecule has 0 bridgehead atoms. The van der Waals surface area contributed by atoms with Crippen LogP contribution in [0.5, 0.6) is 11.5 Å². The molecule has 0 atom stereocenters. The Kier molecular flexibility index (Phi) is 5.07. The van der Waals surface area contributed by atoms with E-state index in [0.717, 1.165) is 25.7 Å². The number of hydrogen-bond acceptors (Lipinski definition) is 4. The lowest BCUT2D eigenvalue weighted by atomic mass is 9.74. The molecule has 0 aromatic heterocycles. The molecular weight excluding hydrogens is 270 g/mol. The van der Waals surface area contributed by atoms with Gasteiger partial charge in [0.2, 0.25) is 0 Å². The second-order valence-electron chi connectivity index (χ2n) is 5.76. The van der Waals surface area contributed by atoms with Gasteiger partial charge in [0.15, 0.2) is 11.5 Å². The summed E-state index contributed by atoms with van der Waals surface area (Å²) in [5, 5.41) is 22.5. The monoisotopic (exact) mass is 293 g/mol. The fourth-order valence-electron chi connectivity index (χ4n) is 2.93. The zero-order chi connectivity index (χ0) is 15.3. The minimum Gasteiger partial charge on any atom is -0.504 e. The van der Waals surface area contributed by atoms with Gasteiger partial charge in [0.1, 0.15) is 0 Å². The summed E-state index contributed by atoms with van der Waals surface area (Å²) in [5.41, 5.74) is -0.0270. The molecule has 0 aliphatic heterocycles. The molecule has 0 radical (unpaired) electrons. The number of carbonyl (C=O) groups is 1. The minimum atomic E-state index is -0.343. The van der Waals surface area contributed by atoms with E-state index in [1.54, 1.807) is 18.2 Å². The predicted molar refractivity (Wildman–Crippen MR) is 79.6 cm³/mol. The molecule has 0 unspecified atom stereocenters. The summed E-state index contributed by atoms with van der Waals surface area (Å²) in [6, 6.07) is 4.82. The lowest BCUT2D eigenvalue weighted by Crippen LogP contribution is -2.41. The molecule has 5 nitrogen and oxygen atoms in total. The highest BCUT2D eigenvalue weighted by Gasteiger charge is 2.32. The molecule has 1 aliphatic rings. The van der Waals surface area contributed by atoms with Crippen LogP contribution in [0.3, 0.4) is 0 Å². The van der Waals surface area contributed by atoms with E-state index < -0.39 is 0 Å². The number of aliphatic hydroxyl groups is 1. The number of para-hydroxylation sites is 1. The van der Waals surface area contributed by atoms with Crippen LogP contribution in [0, 0.1) is 5.41 Å². The van der Waals surface area contributed by atoms with E-state index in [-0.39, 0.29) is 35.0 Å². The summed E-state index contributed by atoms with van der Waals surface area (Å²) >= 11 is 0. The number of methoxy groups -OCH3 is 1. The van der Waals surface area contributed by atoms with Crippen molar-refractivity contribution in [2.24, 2.45) is 5.41 Å². The van der Waals surface area contributed by atoms with Gasteiger partial charge in [-0.3, -0.25) is 4.79 Å². The minimum absolute atomic E-state index is 0.0807. The van der Waals surface area contributed by atoms with Crippen molar-refractivity contribution in [1.29, 1.82) is 0 Å². The Morgan fingerprint density at radius 1 is 1.33 bits per heavy atom. The number of nitrogens with one attached hydrogen (secondary N) is 1. The van der Waals surface area contributed by atoms with Crippen LogP contribution in [-0.2, 0) is 0 Å². The smallest absolute Gasteiger partial charge is 0.255 e. The van der Waals surface area contributed by atoms with Crippen LogP contribution in [0.15, 0.2) is 18.2 Å². The Morgan fingerprint density at radius 2 is 2.05 bits per heavy atom. The number of phenolic OH excluding ortho intramolecular Hbond substituents is 1. The van der Waals surface area contributed by atoms with Gasteiger partial charge in [-0.1, -0.05) is 25.3 Å². The highest BCUT2D eigenvalue weighted by atomic mass is 16.5. The van der Waals surface area contributed by atoms with Crippen molar-refractivity contribution in [1.82, 2.24) is 5.32 Å². The first-order valence-electron chi connectivity index (χ1n) is 7.37. The largest absolute Gasteiger partial charge is 0.504 e. The zero-order valence-corrected chi connectivity index (χ0v) is 12.4. The molecule has 0 heterocycles.